The van der Waals surface area contributed by atoms with Gasteiger partial charge in [-0.2, -0.15) is 0 Å². The summed E-state index contributed by atoms with van der Waals surface area (Å²) in [6, 6.07) is 8.15. The summed E-state index contributed by atoms with van der Waals surface area (Å²) in [5.41, 5.74) is 6.81. The van der Waals surface area contributed by atoms with E-state index in [9.17, 15) is 4.79 Å². The zero-order chi connectivity index (χ0) is 19.5. The fraction of sp³-hybridized carbons (Fsp3) is 0.350. The highest BCUT2D eigenvalue weighted by molar-refractivity contribution is 7.17. The number of likely N-dealkylation sites (N-methyl/N-ethyl adjacent to an activating group) is 1. The standard InChI is InChI=1S/C20H24N6OS/c1-22-14-6-2-3-7-15(14)24-17-9-8-13(18(21)27)19(26-17)25-16-11-28-20-12(16)5-4-10-23-20/h4-5,8-11,14-15,22H,2-3,6-7H2,1H3,(H2,21,27)(H2,24,25,26)/t14?,15-/m1/s1. The minimum atomic E-state index is -0.509. The summed E-state index contributed by atoms with van der Waals surface area (Å²) in [7, 11) is 2.00. The Labute approximate surface area is 167 Å². The lowest BCUT2D eigenvalue weighted by Gasteiger charge is -2.32. The molecule has 3 heterocycles. The molecule has 8 heteroatoms. The molecule has 3 aromatic heterocycles. The number of aromatic nitrogens is 2. The molecule has 2 atom stereocenters. The van der Waals surface area contributed by atoms with Gasteiger partial charge in [0.25, 0.3) is 5.91 Å². The van der Waals surface area contributed by atoms with E-state index >= 15 is 0 Å². The van der Waals surface area contributed by atoms with Crippen LogP contribution >= 0.6 is 11.3 Å². The fourth-order valence-corrected chi connectivity index (χ4v) is 4.61. The van der Waals surface area contributed by atoms with Crippen LogP contribution in [0.4, 0.5) is 17.3 Å². The van der Waals surface area contributed by atoms with E-state index in [0.29, 0.717) is 23.5 Å². The van der Waals surface area contributed by atoms with Crippen LogP contribution in [0.5, 0.6) is 0 Å². The van der Waals surface area contributed by atoms with Crippen molar-refractivity contribution in [1.29, 1.82) is 0 Å². The summed E-state index contributed by atoms with van der Waals surface area (Å²) < 4.78 is 0. The lowest BCUT2D eigenvalue weighted by atomic mass is 9.90. The zero-order valence-corrected chi connectivity index (χ0v) is 16.6. The Bertz CT molecular complexity index is 988. The molecule has 28 heavy (non-hydrogen) atoms. The Balaban J connectivity index is 1.63. The third kappa shape index (κ3) is 3.79. The first-order chi connectivity index (χ1) is 13.7. The van der Waals surface area contributed by atoms with Gasteiger partial charge < -0.3 is 21.7 Å². The van der Waals surface area contributed by atoms with Crippen molar-refractivity contribution in [2.75, 3.05) is 17.7 Å². The van der Waals surface area contributed by atoms with E-state index in [1.54, 1.807) is 23.6 Å². The van der Waals surface area contributed by atoms with Gasteiger partial charge in [0.15, 0.2) is 0 Å². The molecule has 1 unspecified atom stereocenters. The third-order valence-electron chi connectivity index (χ3n) is 5.23. The number of thiophene rings is 1. The molecule has 1 amide bonds. The average Bonchev–Trinajstić information content (AvgIpc) is 3.11. The van der Waals surface area contributed by atoms with Gasteiger partial charge in [0, 0.05) is 29.0 Å². The molecule has 3 aromatic rings. The molecule has 0 aromatic carbocycles. The first kappa shape index (κ1) is 18.6. The number of pyridine rings is 2. The Hall–Kier alpha value is -2.71. The molecule has 0 bridgehead atoms. The minimum absolute atomic E-state index is 0.310. The van der Waals surface area contributed by atoms with Gasteiger partial charge in [0.05, 0.1) is 11.3 Å². The van der Waals surface area contributed by atoms with E-state index in [4.69, 9.17) is 5.73 Å². The highest BCUT2D eigenvalue weighted by atomic mass is 32.1. The largest absolute Gasteiger partial charge is 0.366 e. The number of fused-ring (bicyclic) bond motifs is 1. The number of anilines is 3. The number of hydrogen-bond donors (Lipinski definition) is 4. The number of primary amides is 1. The maximum atomic E-state index is 11.9. The van der Waals surface area contributed by atoms with Gasteiger partial charge in [-0.05, 0) is 44.2 Å². The zero-order valence-electron chi connectivity index (χ0n) is 15.7. The topological polar surface area (TPSA) is 105 Å². The van der Waals surface area contributed by atoms with Gasteiger partial charge >= 0.3 is 0 Å². The Morgan fingerprint density at radius 3 is 2.82 bits per heavy atom. The highest BCUT2D eigenvalue weighted by Gasteiger charge is 2.24. The van der Waals surface area contributed by atoms with Crippen LogP contribution in [-0.4, -0.2) is 35.0 Å². The predicted octanol–water partition coefficient (Wildman–Crippen LogP) is 3.48. The fourth-order valence-electron chi connectivity index (χ4n) is 3.77. The molecule has 0 aliphatic heterocycles. The number of nitrogens with two attached hydrogens (primary N) is 1. The van der Waals surface area contributed by atoms with Gasteiger partial charge in [-0.25, -0.2) is 9.97 Å². The Morgan fingerprint density at radius 1 is 1.21 bits per heavy atom. The number of hydrogen-bond acceptors (Lipinski definition) is 7. The van der Waals surface area contributed by atoms with E-state index < -0.39 is 5.91 Å². The second-order valence-electron chi connectivity index (χ2n) is 7.02. The number of carbonyl (C=O) groups is 1. The molecule has 0 saturated heterocycles. The van der Waals surface area contributed by atoms with E-state index in [0.717, 1.165) is 34.6 Å². The normalized spacial score (nSPS) is 19.5. The lowest BCUT2D eigenvalue weighted by molar-refractivity contribution is 0.100. The number of nitrogens with one attached hydrogen (secondary N) is 3. The van der Waals surface area contributed by atoms with Crippen LogP contribution < -0.4 is 21.7 Å². The summed E-state index contributed by atoms with van der Waals surface area (Å²) in [6.07, 6.45) is 6.45. The number of nitrogens with zero attached hydrogens (tertiary/aromatic N) is 2. The smallest absolute Gasteiger partial charge is 0.252 e. The molecule has 1 aliphatic carbocycles. The molecule has 1 aliphatic rings. The molecule has 4 rings (SSSR count). The molecular weight excluding hydrogens is 372 g/mol. The Kier molecular flexibility index (Phi) is 5.40. The van der Waals surface area contributed by atoms with Crippen LogP contribution in [0, 0.1) is 0 Å². The lowest BCUT2D eigenvalue weighted by Crippen LogP contribution is -2.44. The van der Waals surface area contributed by atoms with Crippen molar-refractivity contribution in [2.45, 2.75) is 37.8 Å². The van der Waals surface area contributed by atoms with Crippen LogP contribution in [0.2, 0.25) is 0 Å². The van der Waals surface area contributed by atoms with Crippen molar-refractivity contribution in [2.24, 2.45) is 5.73 Å². The van der Waals surface area contributed by atoms with Gasteiger partial charge in [0.1, 0.15) is 16.5 Å². The van der Waals surface area contributed by atoms with Crippen LogP contribution in [-0.2, 0) is 0 Å². The van der Waals surface area contributed by atoms with Crippen LogP contribution in [0.15, 0.2) is 35.8 Å². The van der Waals surface area contributed by atoms with Gasteiger partial charge in [-0.1, -0.05) is 12.8 Å². The van der Waals surface area contributed by atoms with Crippen molar-refractivity contribution in [3.8, 4) is 0 Å². The number of amides is 1. The second kappa shape index (κ2) is 8.12. The SMILES string of the molecule is CNC1CCCC[C@H]1Nc1ccc(C(N)=O)c(Nc2csc3ncccc23)n1. The highest BCUT2D eigenvalue weighted by Crippen LogP contribution is 2.32. The number of carbonyl (C=O) groups excluding carboxylic acids is 1. The van der Waals surface area contributed by atoms with Crippen molar-refractivity contribution in [3.63, 3.8) is 0 Å². The van der Waals surface area contributed by atoms with Crippen molar-refractivity contribution in [1.82, 2.24) is 15.3 Å². The second-order valence-corrected chi connectivity index (χ2v) is 7.88. The molecule has 146 valence electrons. The van der Waals surface area contributed by atoms with Crippen LogP contribution in [0.1, 0.15) is 36.0 Å². The van der Waals surface area contributed by atoms with E-state index in [1.807, 2.05) is 30.6 Å². The average molecular weight is 397 g/mol. The first-order valence-corrected chi connectivity index (χ1v) is 10.4. The van der Waals surface area contributed by atoms with Gasteiger partial charge in [0.2, 0.25) is 0 Å². The summed E-state index contributed by atoms with van der Waals surface area (Å²) in [5.74, 6) is 0.681. The minimum Gasteiger partial charge on any atom is -0.366 e. The summed E-state index contributed by atoms with van der Waals surface area (Å²) in [6.45, 7) is 0. The Morgan fingerprint density at radius 2 is 2.04 bits per heavy atom. The van der Waals surface area contributed by atoms with Crippen LogP contribution in [0.3, 0.4) is 0 Å². The molecule has 1 fully saturated rings. The summed E-state index contributed by atoms with van der Waals surface area (Å²) in [5, 5.41) is 13.2. The third-order valence-corrected chi connectivity index (χ3v) is 6.14. The van der Waals surface area contributed by atoms with Crippen molar-refractivity contribution in [3.05, 3.63) is 41.4 Å². The summed E-state index contributed by atoms with van der Waals surface area (Å²) >= 11 is 1.54. The molecule has 0 radical (unpaired) electrons. The van der Waals surface area contributed by atoms with Crippen LogP contribution in [0.25, 0.3) is 10.2 Å². The van der Waals surface area contributed by atoms with E-state index in [1.165, 1.54) is 12.8 Å². The molecule has 0 spiro atoms. The van der Waals surface area contributed by atoms with Crippen molar-refractivity contribution >= 4 is 44.8 Å². The molecule has 5 N–H and O–H groups in total. The van der Waals surface area contributed by atoms with Gasteiger partial charge in [-0.15, -0.1) is 11.3 Å². The van der Waals surface area contributed by atoms with Gasteiger partial charge in [-0.3, -0.25) is 4.79 Å². The van der Waals surface area contributed by atoms with E-state index in [2.05, 4.69) is 25.9 Å². The first-order valence-electron chi connectivity index (χ1n) is 9.49. The molecular formula is C20H24N6OS. The molecule has 1 saturated carbocycles. The maximum Gasteiger partial charge on any atom is 0.252 e. The monoisotopic (exact) mass is 396 g/mol. The van der Waals surface area contributed by atoms with E-state index in [-0.39, 0.29) is 0 Å². The maximum absolute atomic E-state index is 11.9. The predicted molar refractivity (Wildman–Crippen MR) is 114 cm³/mol. The molecule has 7 nitrogen and oxygen atoms in total. The van der Waals surface area contributed by atoms with Crippen molar-refractivity contribution < 1.29 is 4.79 Å². The number of rotatable bonds is 6. The quantitative estimate of drug-likeness (QED) is 0.508. The summed E-state index contributed by atoms with van der Waals surface area (Å²) in [4.78, 5) is 21.9.